The van der Waals surface area contributed by atoms with Gasteiger partial charge in [-0.2, -0.15) is 0 Å². The van der Waals surface area contributed by atoms with Gasteiger partial charge in [-0.25, -0.2) is 0 Å². The summed E-state index contributed by atoms with van der Waals surface area (Å²) in [7, 11) is 4.33. The summed E-state index contributed by atoms with van der Waals surface area (Å²) in [6, 6.07) is 0. The van der Waals surface area contributed by atoms with Gasteiger partial charge in [-0.15, -0.1) is 0 Å². The van der Waals surface area contributed by atoms with Gasteiger partial charge in [0.15, 0.2) is 0 Å². The van der Waals surface area contributed by atoms with E-state index < -0.39 is 0 Å². The minimum Gasteiger partial charge on any atom is -0.303 e. The van der Waals surface area contributed by atoms with Gasteiger partial charge in [-0.3, -0.25) is 9.98 Å². The topological polar surface area (TPSA) is 31.2 Å². The van der Waals surface area contributed by atoms with Crippen LogP contribution in [0.5, 0.6) is 0 Å². The Morgan fingerprint density at radius 2 is 1.17 bits per heavy atom. The van der Waals surface area contributed by atoms with E-state index in [-0.39, 0.29) is 16.5 Å². The summed E-state index contributed by atoms with van der Waals surface area (Å²) < 4.78 is 0. The Bertz CT molecular complexity index is 261. The molecule has 0 fully saturated rings. The molecule has 0 aliphatic carbocycles. The Labute approximate surface area is 121 Å². The minimum absolute atomic E-state index is 0. The molecule has 5 heteroatoms. The molecule has 1 rings (SSSR count). The number of likely N-dealkylation sites (N-methyl/N-ethyl adjacent to an activating group) is 2. The second-order valence-electron chi connectivity index (χ2n) is 5.02. The van der Waals surface area contributed by atoms with E-state index in [9.17, 15) is 0 Å². The SMILES string of the molecule is CC1=NCCN(C)CCN(C)CCN=C(C)C1.[Ni+2]. The first-order valence-corrected chi connectivity index (χ1v) is 6.45. The van der Waals surface area contributed by atoms with Gasteiger partial charge in [0.1, 0.15) is 0 Å². The summed E-state index contributed by atoms with van der Waals surface area (Å²) in [6.07, 6.45) is 0.924. The molecule has 1 heterocycles. The van der Waals surface area contributed by atoms with E-state index in [0.29, 0.717) is 0 Å². The molecule has 0 aromatic heterocycles. The molecule has 1 aliphatic heterocycles. The maximum atomic E-state index is 4.59. The third-order valence-electron chi connectivity index (χ3n) is 3.10. The van der Waals surface area contributed by atoms with Crippen molar-refractivity contribution in [3.8, 4) is 0 Å². The zero-order valence-corrected chi connectivity index (χ0v) is 13.0. The summed E-state index contributed by atoms with van der Waals surface area (Å²) in [4.78, 5) is 13.9. The Hall–Kier alpha value is -0.246. The normalized spacial score (nSPS) is 21.8. The van der Waals surface area contributed by atoms with Crippen molar-refractivity contribution in [3.63, 3.8) is 0 Å². The fraction of sp³-hybridized carbons (Fsp3) is 0.846. The molecule has 0 unspecified atom stereocenters. The number of hydrogen-bond donors (Lipinski definition) is 0. The van der Waals surface area contributed by atoms with Crippen LogP contribution in [0.2, 0.25) is 0 Å². The van der Waals surface area contributed by atoms with E-state index in [1.807, 2.05) is 0 Å². The summed E-state index contributed by atoms with van der Waals surface area (Å²) in [6.45, 7) is 10.3. The maximum absolute atomic E-state index is 4.59. The van der Waals surface area contributed by atoms with Gasteiger partial charge in [0, 0.05) is 44.0 Å². The van der Waals surface area contributed by atoms with Crippen molar-refractivity contribution in [3.05, 3.63) is 0 Å². The Morgan fingerprint density at radius 1 is 0.778 bits per heavy atom. The fourth-order valence-corrected chi connectivity index (χ4v) is 1.87. The largest absolute Gasteiger partial charge is 2.00 e. The quantitative estimate of drug-likeness (QED) is 0.629. The van der Waals surface area contributed by atoms with Crippen LogP contribution in [0, 0.1) is 0 Å². The number of nitrogens with zero attached hydrogens (tertiary/aromatic N) is 4. The van der Waals surface area contributed by atoms with Crippen LogP contribution in [0.4, 0.5) is 0 Å². The zero-order chi connectivity index (χ0) is 12.7. The molecule has 0 radical (unpaired) electrons. The van der Waals surface area contributed by atoms with E-state index >= 15 is 0 Å². The van der Waals surface area contributed by atoms with E-state index in [1.54, 1.807) is 0 Å². The minimum atomic E-state index is 0. The summed E-state index contributed by atoms with van der Waals surface area (Å²) >= 11 is 0. The zero-order valence-electron chi connectivity index (χ0n) is 12.1. The molecule has 0 amide bonds. The van der Waals surface area contributed by atoms with Crippen LogP contribution in [0.1, 0.15) is 20.3 Å². The molecule has 18 heavy (non-hydrogen) atoms. The molecule has 0 aromatic rings. The molecule has 0 saturated heterocycles. The first kappa shape index (κ1) is 17.8. The third-order valence-corrected chi connectivity index (χ3v) is 3.10. The van der Waals surface area contributed by atoms with E-state index in [0.717, 1.165) is 45.7 Å². The standard InChI is InChI=1S/C13H26N4.Ni/c1-12-11-13(2)15-6-8-17(4)10-9-16(3)7-5-14-12;/h5-11H2,1-4H3;/q;+2. The van der Waals surface area contributed by atoms with Crippen LogP contribution >= 0.6 is 0 Å². The van der Waals surface area contributed by atoms with E-state index in [2.05, 4.69) is 47.7 Å². The summed E-state index contributed by atoms with van der Waals surface area (Å²) in [5.41, 5.74) is 2.40. The fourth-order valence-electron chi connectivity index (χ4n) is 1.87. The van der Waals surface area contributed by atoms with Gasteiger partial charge in [0.2, 0.25) is 0 Å². The first-order chi connectivity index (χ1) is 8.08. The van der Waals surface area contributed by atoms with Gasteiger partial charge in [0.05, 0.1) is 13.1 Å². The van der Waals surface area contributed by atoms with E-state index in [1.165, 1.54) is 11.4 Å². The van der Waals surface area contributed by atoms with Crippen molar-refractivity contribution in [2.45, 2.75) is 20.3 Å². The molecule has 0 N–H and O–H groups in total. The molecule has 0 aromatic carbocycles. The smallest absolute Gasteiger partial charge is 0.303 e. The summed E-state index contributed by atoms with van der Waals surface area (Å²) in [5, 5.41) is 0. The van der Waals surface area contributed by atoms with Gasteiger partial charge in [0.25, 0.3) is 0 Å². The van der Waals surface area contributed by atoms with Crippen molar-refractivity contribution in [2.75, 3.05) is 53.4 Å². The van der Waals surface area contributed by atoms with Crippen LogP contribution in [0.15, 0.2) is 9.98 Å². The average Bonchev–Trinajstić information content (AvgIpc) is 2.26. The molecule has 106 valence electrons. The maximum Gasteiger partial charge on any atom is 2.00 e. The van der Waals surface area contributed by atoms with Crippen molar-refractivity contribution >= 4 is 11.4 Å². The van der Waals surface area contributed by atoms with Gasteiger partial charge in [-0.05, 0) is 27.9 Å². The Balaban J connectivity index is 0.00000289. The predicted molar refractivity (Wildman–Crippen MR) is 75.6 cm³/mol. The molecular weight excluding hydrogens is 271 g/mol. The predicted octanol–water partition coefficient (Wildman–Crippen LogP) is 1.17. The van der Waals surface area contributed by atoms with Gasteiger partial charge >= 0.3 is 16.5 Å². The second-order valence-corrected chi connectivity index (χ2v) is 5.02. The van der Waals surface area contributed by atoms with Crippen LogP contribution in [-0.2, 0) is 16.5 Å². The molecule has 1 aliphatic rings. The van der Waals surface area contributed by atoms with Crippen LogP contribution in [0.25, 0.3) is 0 Å². The molecule has 4 nitrogen and oxygen atoms in total. The number of rotatable bonds is 0. The molecule has 0 atom stereocenters. The monoisotopic (exact) mass is 296 g/mol. The Morgan fingerprint density at radius 3 is 1.56 bits per heavy atom. The second kappa shape index (κ2) is 9.65. The van der Waals surface area contributed by atoms with Crippen molar-refractivity contribution in [1.29, 1.82) is 0 Å². The van der Waals surface area contributed by atoms with Crippen LogP contribution in [0.3, 0.4) is 0 Å². The van der Waals surface area contributed by atoms with Crippen molar-refractivity contribution in [2.24, 2.45) is 9.98 Å². The number of hydrogen-bond acceptors (Lipinski definition) is 4. The summed E-state index contributed by atoms with van der Waals surface area (Å²) in [5.74, 6) is 0. The van der Waals surface area contributed by atoms with Gasteiger partial charge < -0.3 is 9.80 Å². The first-order valence-electron chi connectivity index (χ1n) is 6.45. The van der Waals surface area contributed by atoms with E-state index in [4.69, 9.17) is 0 Å². The van der Waals surface area contributed by atoms with Crippen LogP contribution < -0.4 is 0 Å². The molecule has 0 spiro atoms. The molecule has 0 bridgehead atoms. The molecule has 0 saturated carbocycles. The van der Waals surface area contributed by atoms with Crippen LogP contribution in [-0.4, -0.2) is 74.6 Å². The third kappa shape index (κ3) is 7.96. The van der Waals surface area contributed by atoms with Crippen molar-refractivity contribution in [1.82, 2.24) is 9.80 Å². The van der Waals surface area contributed by atoms with Crippen molar-refractivity contribution < 1.29 is 16.5 Å². The van der Waals surface area contributed by atoms with Gasteiger partial charge in [-0.1, -0.05) is 0 Å². The molecular formula is C13H26N4Ni+2. The average molecular weight is 297 g/mol. The Kier molecular flexibility index (Phi) is 9.52. The number of aliphatic imine (C=N–C) groups is 2.